The van der Waals surface area contributed by atoms with Crippen molar-refractivity contribution in [1.82, 2.24) is 0 Å². The van der Waals surface area contributed by atoms with Crippen LogP contribution in [-0.2, 0) is 19.6 Å². The molecule has 0 amide bonds. The number of nitrogens with two attached hydrogens (primary N) is 1. The molecule has 6 heteroatoms. The van der Waals surface area contributed by atoms with Crippen molar-refractivity contribution < 1.29 is 17.9 Å². The molecule has 5 nitrogen and oxygen atoms in total. The van der Waals surface area contributed by atoms with Crippen molar-refractivity contribution in [3.63, 3.8) is 0 Å². The zero-order valence-corrected chi connectivity index (χ0v) is 12.6. The van der Waals surface area contributed by atoms with E-state index in [1.165, 1.54) is 7.11 Å². The first-order valence-electron chi connectivity index (χ1n) is 6.17. The van der Waals surface area contributed by atoms with Gasteiger partial charge >= 0.3 is 5.97 Å². The number of sulfonamides is 1. The lowest BCUT2D eigenvalue weighted by molar-refractivity contribution is -0.133. The molecule has 20 heavy (non-hydrogen) atoms. The van der Waals surface area contributed by atoms with Crippen LogP contribution in [0.15, 0.2) is 35.2 Å². The SMILES string of the molecule is COC(=O)C(=C(CC(C)C)S(N)(=O)=O)c1ccccc1. The minimum absolute atomic E-state index is 0.00398. The van der Waals surface area contributed by atoms with Gasteiger partial charge in [0.25, 0.3) is 0 Å². The Kier molecular flexibility index (Phi) is 5.47. The van der Waals surface area contributed by atoms with Crippen molar-refractivity contribution in [2.45, 2.75) is 20.3 Å². The molecule has 1 rings (SSSR count). The summed E-state index contributed by atoms with van der Waals surface area (Å²) in [6, 6.07) is 8.51. The van der Waals surface area contributed by atoms with E-state index in [4.69, 9.17) is 9.88 Å². The molecular weight excluding hydrogens is 278 g/mol. The molecule has 0 bridgehead atoms. The molecule has 110 valence electrons. The molecule has 0 spiro atoms. The van der Waals surface area contributed by atoms with Crippen LogP contribution in [0.2, 0.25) is 0 Å². The van der Waals surface area contributed by atoms with E-state index in [0.29, 0.717) is 5.56 Å². The molecule has 0 aliphatic rings. The highest BCUT2D eigenvalue weighted by Crippen LogP contribution is 2.27. The van der Waals surface area contributed by atoms with Crippen LogP contribution in [-0.4, -0.2) is 21.5 Å². The number of benzene rings is 1. The first kappa shape index (κ1) is 16.4. The monoisotopic (exact) mass is 297 g/mol. The summed E-state index contributed by atoms with van der Waals surface area (Å²) >= 11 is 0. The van der Waals surface area contributed by atoms with Gasteiger partial charge in [-0.1, -0.05) is 44.2 Å². The Labute approximate surface area is 119 Å². The van der Waals surface area contributed by atoms with Crippen molar-refractivity contribution in [2.24, 2.45) is 11.1 Å². The van der Waals surface area contributed by atoms with Gasteiger partial charge in [-0.15, -0.1) is 0 Å². The Bertz CT molecular complexity index is 603. The zero-order chi connectivity index (χ0) is 15.3. The largest absolute Gasteiger partial charge is 0.465 e. The smallest absolute Gasteiger partial charge is 0.339 e. The molecule has 2 N–H and O–H groups in total. The summed E-state index contributed by atoms with van der Waals surface area (Å²) in [5.74, 6) is -0.674. The standard InChI is InChI=1S/C14H19NO4S/c1-10(2)9-12(20(15,17)18)13(14(16)19-3)11-7-5-4-6-8-11/h4-8,10H,9H2,1-3H3,(H2,15,17,18). The summed E-state index contributed by atoms with van der Waals surface area (Å²) in [6.07, 6.45) is 0.179. The second-order valence-electron chi connectivity index (χ2n) is 4.80. The quantitative estimate of drug-likeness (QED) is 0.664. The lowest BCUT2D eigenvalue weighted by Gasteiger charge is -2.14. The Morgan fingerprint density at radius 2 is 1.80 bits per heavy atom. The summed E-state index contributed by atoms with van der Waals surface area (Å²) in [6.45, 7) is 3.70. The van der Waals surface area contributed by atoms with Crippen LogP contribution in [0, 0.1) is 5.92 Å². The number of methoxy groups -OCH3 is 1. The highest BCUT2D eigenvalue weighted by atomic mass is 32.2. The number of rotatable bonds is 5. The number of ether oxygens (including phenoxy) is 1. The maximum absolute atomic E-state index is 12.0. The second-order valence-corrected chi connectivity index (χ2v) is 6.38. The number of primary sulfonamides is 1. The van der Waals surface area contributed by atoms with Gasteiger partial charge in [0.15, 0.2) is 0 Å². The molecule has 0 heterocycles. The fourth-order valence-corrected chi connectivity index (χ4v) is 2.88. The third kappa shape index (κ3) is 4.18. The molecule has 0 saturated carbocycles. The van der Waals surface area contributed by atoms with Crippen molar-refractivity contribution >= 4 is 21.6 Å². The fourth-order valence-electron chi connectivity index (χ4n) is 1.83. The van der Waals surface area contributed by atoms with Crippen molar-refractivity contribution in [1.29, 1.82) is 0 Å². The Morgan fingerprint density at radius 1 is 1.25 bits per heavy atom. The van der Waals surface area contributed by atoms with Crippen LogP contribution in [0.1, 0.15) is 25.8 Å². The zero-order valence-electron chi connectivity index (χ0n) is 11.8. The van der Waals surface area contributed by atoms with E-state index in [9.17, 15) is 13.2 Å². The molecule has 0 fully saturated rings. The summed E-state index contributed by atoms with van der Waals surface area (Å²) in [5.41, 5.74) is 0.480. The van der Waals surface area contributed by atoms with Crippen LogP contribution in [0.5, 0.6) is 0 Å². The Hall–Kier alpha value is -1.66. The number of hydrogen-bond acceptors (Lipinski definition) is 4. The molecule has 0 aliphatic heterocycles. The average Bonchev–Trinajstić information content (AvgIpc) is 2.37. The molecule has 0 unspecified atom stereocenters. The topological polar surface area (TPSA) is 86.5 Å². The van der Waals surface area contributed by atoms with Gasteiger partial charge in [0.05, 0.1) is 17.6 Å². The first-order valence-corrected chi connectivity index (χ1v) is 7.71. The van der Waals surface area contributed by atoms with Gasteiger partial charge < -0.3 is 4.74 Å². The molecule has 0 radical (unpaired) electrons. The van der Waals surface area contributed by atoms with Crippen LogP contribution >= 0.6 is 0 Å². The molecule has 0 atom stereocenters. The Morgan fingerprint density at radius 3 is 2.20 bits per heavy atom. The fraction of sp³-hybridized carbons (Fsp3) is 0.357. The third-order valence-corrected chi connectivity index (χ3v) is 3.73. The van der Waals surface area contributed by atoms with Crippen LogP contribution in [0.4, 0.5) is 0 Å². The van der Waals surface area contributed by atoms with Gasteiger partial charge in [0, 0.05) is 0 Å². The van der Waals surface area contributed by atoms with Gasteiger partial charge in [-0.2, -0.15) is 0 Å². The minimum Gasteiger partial charge on any atom is -0.465 e. The molecular formula is C14H19NO4S. The summed E-state index contributed by atoms with van der Waals surface area (Å²) in [7, 11) is -2.77. The number of carbonyl (C=O) groups is 1. The van der Waals surface area contributed by atoms with Crippen LogP contribution in [0.3, 0.4) is 0 Å². The maximum atomic E-state index is 12.0. The number of carbonyl (C=O) groups excluding carboxylic acids is 1. The number of hydrogen-bond donors (Lipinski definition) is 1. The highest BCUT2D eigenvalue weighted by Gasteiger charge is 2.25. The van der Waals surface area contributed by atoms with E-state index in [2.05, 4.69) is 0 Å². The van der Waals surface area contributed by atoms with Crippen molar-refractivity contribution in [3.8, 4) is 0 Å². The van der Waals surface area contributed by atoms with E-state index in [1.807, 2.05) is 13.8 Å². The van der Waals surface area contributed by atoms with E-state index in [1.54, 1.807) is 30.3 Å². The maximum Gasteiger partial charge on any atom is 0.339 e. The Balaban J connectivity index is 3.60. The summed E-state index contributed by atoms with van der Waals surface area (Å²) < 4.78 is 28.3. The van der Waals surface area contributed by atoms with Gasteiger partial charge in [-0.25, -0.2) is 18.4 Å². The van der Waals surface area contributed by atoms with E-state index < -0.39 is 16.0 Å². The predicted octanol–water partition coefficient (Wildman–Crippen LogP) is 1.91. The van der Waals surface area contributed by atoms with E-state index in [-0.39, 0.29) is 22.8 Å². The van der Waals surface area contributed by atoms with E-state index in [0.717, 1.165) is 0 Å². The first-order chi connectivity index (χ1) is 9.27. The normalized spacial score (nSPS) is 13.1. The molecule has 1 aromatic carbocycles. The average molecular weight is 297 g/mol. The molecule has 0 saturated heterocycles. The van der Waals surface area contributed by atoms with Crippen LogP contribution in [0.25, 0.3) is 5.57 Å². The van der Waals surface area contributed by atoms with Gasteiger partial charge in [-0.3, -0.25) is 0 Å². The number of allylic oxidation sites excluding steroid dienone is 1. The van der Waals surface area contributed by atoms with Gasteiger partial charge in [-0.05, 0) is 17.9 Å². The second kappa shape index (κ2) is 6.67. The molecule has 0 aromatic heterocycles. The van der Waals surface area contributed by atoms with E-state index >= 15 is 0 Å². The summed E-state index contributed by atoms with van der Waals surface area (Å²) in [4.78, 5) is 11.9. The summed E-state index contributed by atoms with van der Waals surface area (Å²) in [5, 5.41) is 5.27. The number of esters is 1. The van der Waals surface area contributed by atoms with Crippen LogP contribution < -0.4 is 5.14 Å². The van der Waals surface area contributed by atoms with Crippen molar-refractivity contribution in [3.05, 3.63) is 40.8 Å². The lowest BCUT2D eigenvalue weighted by atomic mass is 10.0. The molecule has 0 aliphatic carbocycles. The lowest BCUT2D eigenvalue weighted by Crippen LogP contribution is -2.20. The minimum atomic E-state index is -3.98. The highest BCUT2D eigenvalue weighted by molar-refractivity contribution is 7.93. The van der Waals surface area contributed by atoms with Crippen molar-refractivity contribution in [2.75, 3.05) is 7.11 Å². The predicted molar refractivity (Wildman–Crippen MR) is 77.9 cm³/mol. The van der Waals surface area contributed by atoms with Gasteiger partial charge in [0.1, 0.15) is 0 Å². The molecule has 1 aromatic rings. The van der Waals surface area contributed by atoms with Gasteiger partial charge in [0.2, 0.25) is 10.0 Å². The third-order valence-electron chi connectivity index (χ3n) is 2.67.